The van der Waals surface area contributed by atoms with E-state index in [0.29, 0.717) is 5.92 Å². The number of carbonyl (C=O) groups excluding carboxylic acids is 1. The highest BCUT2D eigenvalue weighted by Gasteiger charge is 2.26. The lowest BCUT2D eigenvalue weighted by molar-refractivity contribution is -0.128. The van der Waals surface area contributed by atoms with Crippen molar-refractivity contribution in [1.82, 2.24) is 10.2 Å². The molecule has 1 aliphatic heterocycles. The Morgan fingerprint density at radius 2 is 1.92 bits per heavy atom. The Morgan fingerprint density at radius 3 is 2.71 bits per heavy atom. The Hall–Kier alpha value is -1.87. The van der Waals surface area contributed by atoms with Crippen LogP contribution >= 0.6 is 0 Å². The molecule has 1 heterocycles. The van der Waals surface area contributed by atoms with Gasteiger partial charge in [-0.2, -0.15) is 0 Å². The number of hydrogen-bond acceptors (Lipinski definition) is 2. The lowest BCUT2D eigenvalue weighted by atomic mass is 9.95. The molecule has 1 aliphatic rings. The first-order valence-electron chi connectivity index (χ1n) is 8.91. The van der Waals surface area contributed by atoms with Crippen LogP contribution < -0.4 is 5.32 Å². The minimum atomic E-state index is -0.304. The van der Waals surface area contributed by atoms with Gasteiger partial charge in [0.05, 0.1) is 0 Å². The highest BCUT2D eigenvalue weighted by molar-refractivity contribution is 5.85. The molecule has 0 radical (unpaired) electrons. The Labute approximate surface area is 145 Å². The molecule has 1 fully saturated rings. The first-order valence-corrected chi connectivity index (χ1v) is 8.91. The summed E-state index contributed by atoms with van der Waals surface area (Å²) in [4.78, 5) is 14.5. The molecule has 0 spiro atoms. The van der Waals surface area contributed by atoms with Gasteiger partial charge >= 0.3 is 0 Å². The molecule has 128 valence electrons. The van der Waals surface area contributed by atoms with Crippen molar-refractivity contribution in [2.24, 2.45) is 11.3 Å². The highest BCUT2D eigenvalue weighted by atomic mass is 16.2. The Morgan fingerprint density at radius 1 is 1.17 bits per heavy atom. The summed E-state index contributed by atoms with van der Waals surface area (Å²) < 4.78 is 0. The van der Waals surface area contributed by atoms with Gasteiger partial charge in [-0.3, -0.25) is 9.69 Å². The van der Waals surface area contributed by atoms with Crippen LogP contribution in [0, 0.1) is 11.3 Å². The molecule has 2 aromatic carbocycles. The van der Waals surface area contributed by atoms with Crippen LogP contribution in [0.15, 0.2) is 42.5 Å². The fraction of sp³-hybridized carbons (Fsp3) is 0.476. The smallest absolute Gasteiger partial charge is 0.225 e. The summed E-state index contributed by atoms with van der Waals surface area (Å²) in [6.45, 7) is 9.84. The fourth-order valence-corrected chi connectivity index (χ4v) is 3.40. The van der Waals surface area contributed by atoms with Gasteiger partial charge in [-0.25, -0.2) is 0 Å². The molecular formula is C21H28N2O. The van der Waals surface area contributed by atoms with E-state index in [2.05, 4.69) is 52.7 Å². The molecule has 0 unspecified atom stereocenters. The van der Waals surface area contributed by atoms with Crippen molar-refractivity contribution < 1.29 is 4.79 Å². The largest absolute Gasteiger partial charge is 0.355 e. The minimum Gasteiger partial charge on any atom is -0.355 e. The maximum atomic E-state index is 12.0. The highest BCUT2D eigenvalue weighted by Crippen LogP contribution is 2.23. The van der Waals surface area contributed by atoms with Gasteiger partial charge in [-0.15, -0.1) is 0 Å². The molecule has 3 rings (SSSR count). The zero-order chi connectivity index (χ0) is 17.2. The first kappa shape index (κ1) is 17.0. The van der Waals surface area contributed by atoms with Crippen molar-refractivity contribution in [3.05, 3.63) is 48.0 Å². The summed E-state index contributed by atoms with van der Waals surface area (Å²) >= 11 is 0. The zero-order valence-corrected chi connectivity index (χ0v) is 15.0. The van der Waals surface area contributed by atoms with Crippen LogP contribution in [0.25, 0.3) is 10.8 Å². The van der Waals surface area contributed by atoms with Gasteiger partial charge < -0.3 is 5.32 Å². The van der Waals surface area contributed by atoms with Gasteiger partial charge in [0.1, 0.15) is 0 Å². The van der Waals surface area contributed by atoms with Crippen LogP contribution in [0.4, 0.5) is 0 Å². The first-order chi connectivity index (χ1) is 11.4. The Kier molecular flexibility index (Phi) is 4.91. The van der Waals surface area contributed by atoms with Crippen molar-refractivity contribution >= 4 is 16.7 Å². The number of hydrogen-bond donors (Lipinski definition) is 1. The van der Waals surface area contributed by atoms with Gasteiger partial charge in [0.15, 0.2) is 0 Å². The van der Waals surface area contributed by atoms with Crippen LogP contribution in [0.5, 0.6) is 0 Å². The summed E-state index contributed by atoms with van der Waals surface area (Å²) in [7, 11) is 0. The van der Waals surface area contributed by atoms with E-state index < -0.39 is 0 Å². The number of benzene rings is 2. The van der Waals surface area contributed by atoms with Gasteiger partial charge in [-0.05, 0) is 35.2 Å². The lowest BCUT2D eigenvalue weighted by Gasteiger charge is -2.20. The van der Waals surface area contributed by atoms with Crippen molar-refractivity contribution in [2.75, 3.05) is 19.6 Å². The molecule has 24 heavy (non-hydrogen) atoms. The third kappa shape index (κ3) is 3.96. The van der Waals surface area contributed by atoms with Crippen LogP contribution in [0.1, 0.15) is 32.8 Å². The van der Waals surface area contributed by atoms with Gasteiger partial charge in [0, 0.05) is 25.0 Å². The minimum absolute atomic E-state index is 0.148. The summed E-state index contributed by atoms with van der Waals surface area (Å²) in [5, 5.41) is 5.77. The molecule has 3 heteroatoms. The van der Waals surface area contributed by atoms with Crippen molar-refractivity contribution in [1.29, 1.82) is 0 Å². The van der Waals surface area contributed by atoms with E-state index in [4.69, 9.17) is 0 Å². The average molecular weight is 324 g/mol. The fourth-order valence-electron chi connectivity index (χ4n) is 3.40. The zero-order valence-electron chi connectivity index (χ0n) is 15.0. The van der Waals surface area contributed by atoms with E-state index in [1.807, 2.05) is 20.8 Å². The van der Waals surface area contributed by atoms with Gasteiger partial charge in [0.2, 0.25) is 5.91 Å². The van der Waals surface area contributed by atoms with Gasteiger partial charge in [-0.1, -0.05) is 63.2 Å². The van der Waals surface area contributed by atoms with Gasteiger partial charge in [0.25, 0.3) is 0 Å². The third-order valence-electron chi connectivity index (χ3n) is 4.88. The molecule has 2 aromatic rings. The number of nitrogens with one attached hydrogen (secondary N) is 1. The molecule has 0 saturated carbocycles. The molecule has 0 aliphatic carbocycles. The van der Waals surface area contributed by atoms with E-state index in [-0.39, 0.29) is 11.3 Å². The SMILES string of the molecule is CC(C)(C)C(=O)NC[C@H]1CCN(Cc2cccc3ccccc23)C1. The molecule has 0 bridgehead atoms. The van der Waals surface area contributed by atoms with E-state index in [0.717, 1.165) is 32.6 Å². The topological polar surface area (TPSA) is 32.3 Å². The molecule has 1 saturated heterocycles. The molecule has 1 N–H and O–H groups in total. The second-order valence-electron chi connectivity index (χ2n) is 7.99. The molecule has 1 atom stereocenters. The molecule has 0 aromatic heterocycles. The number of nitrogens with zero attached hydrogens (tertiary/aromatic N) is 1. The summed E-state index contributed by atoms with van der Waals surface area (Å²) in [6.07, 6.45) is 1.16. The summed E-state index contributed by atoms with van der Waals surface area (Å²) in [6, 6.07) is 15.1. The quantitative estimate of drug-likeness (QED) is 0.927. The number of amides is 1. The standard InChI is InChI=1S/C21H28N2O/c1-21(2,3)20(24)22-13-16-11-12-23(14-16)15-18-9-6-8-17-7-4-5-10-19(17)18/h4-10,16H,11-15H2,1-3H3,(H,22,24)/t16-/m1/s1. The van der Waals surface area contributed by atoms with Crippen molar-refractivity contribution in [3.63, 3.8) is 0 Å². The average Bonchev–Trinajstić information content (AvgIpc) is 2.99. The normalized spacial score (nSPS) is 18.9. The monoisotopic (exact) mass is 324 g/mol. The van der Waals surface area contributed by atoms with Crippen LogP contribution in [-0.4, -0.2) is 30.4 Å². The Bertz CT molecular complexity index is 712. The molecule has 1 amide bonds. The Balaban J connectivity index is 1.57. The second kappa shape index (κ2) is 6.94. The van der Waals surface area contributed by atoms with E-state index in [1.165, 1.54) is 16.3 Å². The number of rotatable bonds is 4. The lowest BCUT2D eigenvalue weighted by Crippen LogP contribution is -2.38. The predicted molar refractivity (Wildman–Crippen MR) is 99.8 cm³/mol. The number of fused-ring (bicyclic) bond motifs is 1. The number of likely N-dealkylation sites (tertiary alicyclic amines) is 1. The van der Waals surface area contributed by atoms with E-state index in [1.54, 1.807) is 0 Å². The predicted octanol–water partition coefficient (Wildman–Crippen LogP) is 3.82. The third-order valence-corrected chi connectivity index (χ3v) is 4.88. The summed E-state index contributed by atoms with van der Waals surface area (Å²) in [5.74, 6) is 0.710. The molecule has 3 nitrogen and oxygen atoms in total. The van der Waals surface area contributed by atoms with E-state index in [9.17, 15) is 4.79 Å². The van der Waals surface area contributed by atoms with Crippen molar-refractivity contribution in [2.45, 2.75) is 33.7 Å². The molecular weight excluding hydrogens is 296 g/mol. The maximum absolute atomic E-state index is 12.0. The maximum Gasteiger partial charge on any atom is 0.225 e. The summed E-state index contributed by atoms with van der Waals surface area (Å²) in [5.41, 5.74) is 1.09. The van der Waals surface area contributed by atoms with Crippen molar-refractivity contribution in [3.8, 4) is 0 Å². The van der Waals surface area contributed by atoms with Crippen LogP contribution in [0.3, 0.4) is 0 Å². The number of carbonyl (C=O) groups is 1. The second-order valence-corrected chi connectivity index (χ2v) is 7.99. The van der Waals surface area contributed by atoms with Crippen LogP contribution in [-0.2, 0) is 11.3 Å². The van der Waals surface area contributed by atoms with E-state index >= 15 is 0 Å². The van der Waals surface area contributed by atoms with Crippen LogP contribution in [0.2, 0.25) is 0 Å².